The highest BCUT2D eigenvalue weighted by molar-refractivity contribution is 5.58. The van der Waals surface area contributed by atoms with Crippen LogP contribution in [0.5, 0.6) is 0 Å². The maximum absolute atomic E-state index is 5.96. The van der Waals surface area contributed by atoms with Gasteiger partial charge in [-0.15, -0.1) is 0 Å². The molecule has 0 bridgehead atoms. The Labute approximate surface area is 106 Å². The first-order valence-corrected chi connectivity index (χ1v) is 6.28. The Balaban J connectivity index is 2.29. The van der Waals surface area contributed by atoms with E-state index >= 15 is 0 Å². The molecule has 0 aliphatic carbocycles. The fourth-order valence-electron chi connectivity index (χ4n) is 1.86. The van der Waals surface area contributed by atoms with Crippen LogP contribution in [-0.2, 0) is 6.42 Å². The second kappa shape index (κ2) is 5.73. The predicted molar refractivity (Wildman–Crippen MR) is 68.7 cm³/mol. The van der Waals surface area contributed by atoms with E-state index in [1.807, 2.05) is 12.3 Å². The van der Waals surface area contributed by atoms with Crippen LogP contribution in [0.25, 0.3) is 11.4 Å². The molecule has 2 rings (SSSR count). The van der Waals surface area contributed by atoms with Crippen LogP contribution in [0.4, 0.5) is 0 Å². The molecule has 0 fully saturated rings. The van der Waals surface area contributed by atoms with E-state index in [-0.39, 0.29) is 6.04 Å². The van der Waals surface area contributed by atoms with Crippen LogP contribution in [0.1, 0.15) is 44.2 Å². The van der Waals surface area contributed by atoms with Crippen molar-refractivity contribution in [1.29, 1.82) is 0 Å². The lowest BCUT2D eigenvalue weighted by Gasteiger charge is -2.03. The molecule has 0 amide bonds. The van der Waals surface area contributed by atoms with Crippen LogP contribution in [0.2, 0.25) is 0 Å². The van der Waals surface area contributed by atoms with Gasteiger partial charge >= 0.3 is 0 Å². The molecule has 0 aliphatic heterocycles. The van der Waals surface area contributed by atoms with E-state index in [1.165, 1.54) is 0 Å². The number of pyridine rings is 1. The van der Waals surface area contributed by atoms with Gasteiger partial charge in [0.15, 0.2) is 0 Å². The fourth-order valence-corrected chi connectivity index (χ4v) is 1.86. The maximum atomic E-state index is 5.96. The average molecular weight is 246 g/mol. The highest BCUT2D eigenvalue weighted by Crippen LogP contribution is 2.22. The Morgan fingerprint density at radius 3 is 2.94 bits per heavy atom. The quantitative estimate of drug-likeness (QED) is 0.876. The van der Waals surface area contributed by atoms with Crippen molar-refractivity contribution >= 4 is 0 Å². The van der Waals surface area contributed by atoms with E-state index in [1.54, 1.807) is 6.20 Å². The Morgan fingerprint density at radius 1 is 1.39 bits per heavy atom. The summed E-state index contributed by atoms with van der Waals surface area (Å²) in [6.45, 7) is 4.15. The molecule has 96 valence electrons. The molecule has 5 nitrogen and oxygen atoms in total. The van der Waals surface area contributed by atoms with Crippen molar-refractivity contribution in [2.45, 2.75) is 39.2 Å². The van der Waals surface area contributed by atoms with Crippen LogP contribution < -0.4 is 5.73 Å². The summed E-state index contributed by atoms with van der Waals surface area (Å²) in [5.41, 5.74) is 8.03. The summed E-state index contributed by atoms with van der Waals surface area (Å²) < 4.78 is 5.23. The number of hydrogen-bond donors (Lipinski definition) is 1. The topological polar surface area (TPSA) is 77.8 Å². The summed E-state index contributed by atoms with van der Waals surface area (Å²) in [5.74, 6) is 1.10. The van der Waals surface area contributed by atoms with Gasteiger partial charge in [-0.1, -0.05) is 25.4 Å². The van der Waals surface area contributed by atoms with Gasteiger partial charge in [0.05, 0.1) is 6.04 Å². The zero-order valence-corrected chi connectivity index (χ0v) is 10.8. The van der Waals surface area contributed by atoms with Crippen molar-refractivity contribution in [2.75, 3.05) is 0 Å². The van der Waals surface area contributed by atoms with Crippen LogP contribution in [-0.4, -0.2) is 15.1 Å². The zero-order valence-electron chi connectivity index (χ0n) is 10.8. The predicted octanol–water partition coefficient (Wildman–Crippen LogP) is 2.49. The lowest BCUT2D eigenvalue weighted by molar-refractivity contribution is 0.348. The smallest absolute Gasteiger partial charge is 0.243 e. The van der Waals surface area contributed by atoms with Gasteiger partial charge in [-0.25, -0.2) is 0 Å². The molecular weight excluding hydrogens is 228 g/mol. The number of nitrogens with two attached hydrogens (primary N) is 1. The highest BCUT2D eigenvalue weighted by Gasteiger charge is 2.16. The zero-order chi connectivity index (χ0) is 13.0. The number of hydrogen-bond acceptors (Lipinski definition) is 5. The largest absolute Gasteiger partial charge is 0.337 e. The minimum absolute atomic E-state index is 0.178. The normalized spacial score (nSPS) is 12.6. The molecule has 18 heavy (non-hydrogen) atoms. The summed E-state index contributed by atoms with van der Waals surface area (Å²) in [6, 6.07) is 1.72. The Kier molecular flexibility index (Phi) is 4.04. The van der Waals surface area contributed by atoms with Gasteiger partial charge in [-0.2, -0.15) is 4.98 Å². The van der Waals surface area contributed by atoms with Crippen molar-refractivity contribution in [2.24, 2.45) is 5.73 Å². The Bertz CT molecular complexity index is 509. The summed E-state index contributed by atoms with van der Waals surface area (Å²) in [4.78, 5) is 8.48. The molecule has 0 spiro atoms. The minimum Gasteiger partial charge on any atom is -0.337 e. The lowest BCUT2D eigenvalue weighted by atomic mass is 10.1. The summed E-state index contributed by atoms with van der Waals surface area (Å²) in [7, 11) is 0. The molecule has 2 aromatic rings. The summed E-state index contributed by atoms with van der Waals surface area (Å²) in [5, 5.41) is 4.00. The van der Waals surface area contributed by atoms with E-state index in [4.69, 9.17) is 10.3 Å². The Hall–Kier alpha value is -1.75. The van der Waals surface area contributed by atoms with E-state index in [0.717, 1.165) is 30.4 Å². The number of nitrogens with zero attached hydrogens (tertiary/aromatic N) is 3. The minimum atomic E-state index is -0.178. The summed E-state index contributed by atoms with van der Waals surface area (Å²) in [6.07, 6.45) is 6.29. The first-order valence-electron chi connectivity index (χ1n) is 6.28. The van der Waals surface area contributed by atoms with E-state index in [0.29, 0.717) is 11.7 Å². The molecule has 5 heteroatoms. The molecule has 1 atom stereocenters. The third-order valence-corrected chi connectivity index (χ3v) is 2.88. The van der Waals surface area contributed by atoms with Crippen molar-refractivity contribution in [3.8, 4) is 11.4 Å². The van der Waals surface area contributed by atoms with E-state index < -0.39 is 0 Å². The van der Waals surface area contributed by atoms with Gasteiger partial charge < -0.3 is 10.3 Å². The van der Waals surface area contributed by atoms with Crippen LogP contribution >= 0.6 is 0 Å². The van der Waals surface area contributed by atoms with Gasteiger partial charge in [0.1, 0.15) is 0 Å². The molecule has 0 aromatic carbocycles. The second-order valence-electron chi connectivity index (χ2n) is 4.24. The lowest BCUT2D eigenvalue weighted by Crippen LogP contribution is -2.09. The van der Waals surface area contributed by atoms with E-state index in [2.05, 4.69) is 29.0 Å². The number of rotatable bonds is 5. The SMILES string of the molecule is CCC[C@H](N)c1nc(-c2ccncc2CC)no1. The monoisotopic (exact) mass is 246 g/mol. The number of aryl methyl sites for hydroxylation is 1. The first kappa shape index (κ1) is 12.7. The van der Waals surface area contributed by atoms with Crippen molar-refractivity contribution in [1.82, 2.24) is 15.1 Å². The van der Waals surface area contributed by atoms with Gasteiger partial charge in [-0.05, 0) is 24.5 Å². The third-order valence-electron chi connectivity index (χ3n) is 2.88. The molecule has 2 aromatic heterocycles. The van der Waals surface area contributed by atoms with Gasteiger partial charge in [0.2, 0.25) is 11.7 Å². The fraction of sp³-hybridized carbons (Fsp3) is 0.462. The molecule has 0 unspecified atom stereocenters. The van der Waals surface area contributed by atoms with Gasteiger partial charge in [-0.3, -0.25) is 4.98 Å². The molecule has 0 saturated heterocycles. The second-order valence-corrected chi connectivity index (χ2v) is 4.24. The van der Waals surface area contributed by atoms with Crippen LogP contribution in [0, 0.1) is 0 Å². The third kappa shape index (κ3) is 2.56. The molecule has 0 saturated carbocycles. The molecule has 2 heterocycles. The average Bonchev–Trinajstić information content (AvgIpc) is 2.88. The van der Waals surface area contributed by atoms with Crippen molar-refractivity contribution in [3.05, 3.63) is 29.9 Å². The molecule has 0 aliphatic rings. The summed E-state index contributed by atoms with van der Waals surface area (Å²) >= 11 is 0. The Morgan fingerprint density at radius 2 is 2.22 bits per heavy atom. The van der Waals surface area contributed by atoms with Crippen molar-refractivity contribution in [3.63, 3.8) is 0 Å². The van der Waals surface area contributed by atoms with Gasteiger partial charge in [0, 0.05) is 18.0 Å². The van der Waals surface area contributed by atoms with Gasteiger partial charge in [0.25, 0.3) is 0 Å². The van der Waals surface area contributed by atoms with Crippen LogP contribution in [0.15, 0.2) is 23.0 Å². The van der Waals surface area contributed by atoms with E-state index in [9.17, 15) is 0 Å². The van der Waals surface area contributed by atoms with Crippen LogP contribution in [0.3, 0.4) is 0 Å². The van der Waals surface area contributed by atoms with Crippen molar-refractivity contribution < 1.29 is 4.52 Å². The highest BCUT2D eigenvalue weighted by atomic mass is 16.5. The number of aromatic nitrogens is 3. The molecular formula is C13H18N4O. The first-order chi connectivity index (χ1) is 8.76. The maximum Gasteiger partial charge on any atom is 0.243 e. The molecule has 0 radical (unpaired) electrons. The standard InChI is InChI=1S/C13H18N4O/c1-3-5-11(14)13-16-12(17-18-13)10-6-7-15-8-9(10)4-2/h6-8,11H,3-5,14H2,1-2H3/t11-/m0/s1. The molecule has 2 N–H and O–H groups in total.